The van der Waals surface area contributed by atoms with E-state index in [9.17, 15) is 4.79 Å². The van der Waals surface area contributed by atoms with Gasteiger partial charge in [0.2, 0.25) is 5.91 Å². The molecule has 0 saturated carbocycles. The highest BCUT2D eigenvalue weighted by molar-refractivity contribution is 6.30. The summed E-state index contributed by atoms with van der Waals surface area (Å²) < 4.78 is 0. The van der Waals surface area contributed by atoms with Crippen LogP contribution in [0.3, 0.4) is 0 Å². The number of hydrazone groups is 1. The zero-order valence-corrected chi connectivity index (χ0v) is 11.5. The van der Waals surface area contributed by atoms with Crippen LogP contribution in [-0.2, 0) is 11.3 Å². The number of benzene rings is 2. The molecule has 3 rings (SSSR count). The SMILES string of the molecule is O=C1CC(c2ccccc2)=NN1Cc1cccc(Cl)c1. The van der Waals surface area contributed by atoms with Crippen LogP contribution < -0.4 is 0 Å². The molecule has 0 atom stereocenters. The summed E-state index contributed by atoms with van der Waals surface area (Å²) in [4.78, 5) is 12.0. The van der Waals surface area contributed by atoms with E-state index in [1.54, 1.807) is 0 Å². The van der Waals surface area contributed by atoms with Gasteiger partial charge in [0.1, 0.15) is 0 Å². The number of carbonyl (C=O) groups is 1. The first kappa shape index (κ1) is 12.9. The Bertz CT molecular complexity index is 667. The molecule has 0 aliphatic carbocycles. The van der Waals surface area contributed by atoms with Crippen LogP contribution >= 0.6 is 11.6 Å². The molecule has 0 spiro atoms. The first-order chi connectivity index (χ1) is 9.72. The molecule has 0 aromatic heterocycles. The molecule has 1 aliphatic rings. The minimum atomic E-state index is 0.0174. The van der Waals surface area contributed by atoms with Crippen LogP contribution in [0.15, 0.2) is 59.7 Å². The van der Waals surface area contributed by atoms with Crippen LogP contribution in [0.5, 0.6) is 0 Å². The highest BCUT2D eigenvalue weighted by Crippen LogP contribution is 2.19. The van der Waals surface area contributed by atoms with E-state index >= 15 is 0 Å². The maximum Gasteiger partial charge on any atom is 0.249 e. The molecule has 0 saturated heterocycles. The fourth-order valence-corrected chi connectivity index (χ4v) is 2.41. The maximum atomic E-state index is 12.0. The molecule has 0 fully saturated rings. The highest BCUT2D eigenvalue weighted by Gasteiger charge is 2.24. The van der Waals surface area contributed by atoms with Gasteiger partial charge in [-0.3, -0.25) is 4.79 Å². The topological polar surface area (TPSA) is 32.7 Å². The van der Waals surface area contributed by atoms with E-state index in [4.69, 9.17) is 11.6 Å². The summed E-state index contributed by atoms with van der Waals surface area (Å²) >= 11 is 5.95. The second kappa shape index (κ2) is 5.47. The average Bonchev–Trinajstić information content (AvgIpc) is 2.81. The molecule has 0 unspecified atom stereocenters. The Morgan fingerprint density at radius 3 is 2.65 bits per heavy atom. The lowest BCUT2D eigenvalue weighted by atomic mass is 10.1. The third kappa shape index (κ3) is 2.73. The maximum absolute atomic E-state index is 12.0. The van der Waals surface area contributed by atoms with Gasteiger partial charge >= 0.3 is 0 Å². The van der Waals surface area contributed by atoms with Crippen molar-refractivity contribution in [2.45, 2.75) is 13.0 Å². The summed E-state index contributed by atoms with van der Waals surface area (Å²) in [6, 6.07) is 17.3. The molecular formula is C16H13ClN2O. The van der Waals surface area contributed by atoms with Crippen molar-refractivity contribution in [2.75, 3.05) is 0 Å². The normalized spacial score (nSPS) is 14.6. The van der Waals surface area contributed by atoms with Crippen LogP contribution in [-0.4, -0.2) is 16.6 Å². The van der Waals surface area contributed by atoms with Crippen molar-refractivity contribution in [3.8, 4) is 0 Å². The van der Waals surface area contributed by atoms with E-state index in [1.807, 2.05) is 54.6 Å². The van der Waals surface area contributed by atoms with E-state index in [0.717, 1.165) is 16.8 Å². The molecule has 2 aromatic carbocycles. The van der Waals surface area contributed by atoms with Gasteiger partial charge in [0.25, 0.3) is 0 Å². The molecule has 0 radical (unpaired) electrons. The second-order valence-corrected chi connectivity index (χ2v) is 5.11. The first-order valence-corrected chi connectivity index (χ1v) is 6.78. The molecule has 3 nitrogen and oxygen atoms in total. The van der Waals surface area contributed by atoms with Crippen LogP contribution in [0.4, 0.5) is 0 Å². The van der Waals surface area contributed by atoms with E-state index in [1.165, 1.54) is 5.01 Å². The number of rotatable bonds is 3. The van der Waals surface area contributed by atoms with Crippen molar-refractivity contribution in [2.24, 2.45) is 5.10 Å². The number of halogens is 1. The Balaban J connectivity index is 1.81. The second-order valence-electron chi connectivity index (χ2n) is 4.67. The number of nitrogens with zero attached hydrogens (tertiary/aromatic N) is 2. The molecular weight excluding hydrogens is 272 g/mol. The van der Waals surface area contributed by atoms with E-state index in [2.05, 4.69) is 5.10 Å². The third-order valence-corrected chi connectivity index (χ3v) is 3.41. The van der Waals surface area contributed by atoms with E-state index in [-0.39, 0.29) is 5.91 Å². The predicted molar refractivity (Wildman–Crippen MR) is 79.6 cm³/mol. The van der Waals surface area contributed by atoms with Gasteiger partial charge in [0, 0.05) is 5.02 Å². The van der Waals surface area contributed by atoms with Crippen molar-refractivity contribution in [3.05, 3.63) is 70.7 Å². The van der Waals surface area contributed by atoms with Crippen LogP contribution in [0.2, 0.25) is 5.02 Å². The summed E-state index contributed by atoms with van der Waals surface area (Å²) in [7, 11) is 0. The zero-order valence-electron chi connectivity index (χ0n) is 10.8. The van der Waals surface area contributed by atoms with Gasteiger partial charge in [0.15, 0.2) is 0 Å². The third-order valence-electron chi connectivity index (χ3n) is 3.18. The van der Waals surface area contributed by atoms with Gasteiger partial charge in [-0.05, 0) is 23.3 Å². The van der Waals surface area contributed by atoms with Crippen LogP contribution in [0, 0.1) is 0 Å². The zero-order chi connectivity index (χ0) is 13.9. The van der Waals surface area contributed by atoms with Gasteiger partial charge < -0.3 is 0 Å². The number of hydrogen-bond acceptors (Lipinski definition) is 2. The highest BCUT2D eigenvalue weighted by atomic mass is 35.5. The Labute approximate surface area is 122 Å². The van der Waals surface area contributed by atoms with E-state index in [0.29, 0.717) is 18.0 Å². The average molecular weight is 285 g/mol. The Kier molecular flexibility index (Phi) is 3.52. The molecule has 0 N–H and O–H groups in total. The fourth-order valence-electron chi connectivity index (χ4n) is 2.19. The molecule has 100 valence electrons. The lowest BCUT2D eigenvalue weighted by Crippen LogP contribution is -2.19. The molecule has 20 heavy (non-hydrogen) atoms. The number of carbonyl (C=O) groups excluding carboxylic acids is 1. The van der Waals surface area contributed by atoms with E-state index < -0.39 is 0 Å². The van der Waals surface area contributed by atoms with Crippen molar-refractivity contribution in [3.63, 3.8) is 0 Å². The largest absolute Gasteiger partial charge is 0.272 e. The summed E-state index contributed by atoms with van der Waals surface area (Å²) in [6.45, 7) is 0.454. The van der Waals surface area contributed by atoms with Crippen LogP contribution in [0.25, 0.3) is 0 Å². The minimum absolute atomic E-state index is 0.0174. The molecule has 1 amide bonds. The summed E-state index contributed by atoms with van der Waals surface area (Å²) in [6.07, 6.45) is 0.352. The predicted octanol–water partition coefficient (Wildman–Crippen LogP) is 3.48. The van der Waals surface area contributed by atoms with Crippen molar-refractivity contribution in [1.82, 2.24) is 5.01 Å². The standard InChI is InChI=1S/C16H13ClN2O/c17-14-8-4-5-12(9-14)11-19-16(20)10-15(18-19)13-6-2-1-3-7-13/h1-9H,10-11H2. The van der Waals surface area contributed by atoms with Gasteiger partial charge in [-0.2, -0.15) is 5.10 Å². The van der Waals surface area contributed by atoms with Gasteiger partial charge in [0.05, 0.1) is 18.7 Å². The quantitative estimate of drug-likeness (QED) is 0.849. The summed E-state index contributed by atoms with van der Waals surface area (Å²) in [5.74, 6) is 0.0174. The van der Waals surface area contributed by atoms with Crippen molar-refractivity contribution in [1.29, 1.82) is 0 Å². The Morgan fingerprint density at radius 1 is 1.10 bits per heavy atom. The number of hydrogen-bond donors (Lipinski definition) is 0. The molecule has 1 heterocycles. The minimum Gasteiger partial charge on any atom is -0.272 e. The van der Waals surface area contributed by atoms with Gasteiger partial charge in [-0.25, -0.2) is 5.01 Å². The van der Waals surface area contributed by atoms with Gasteiger partial charge in [-0.1, -0.05) is 54.1 Å². The smallest absolute Gasteiger partial charge is 0.249 e. The van der Waals surface area contributed by atoms with Gasteiger partial charge in [-0.15, -0.1) is 0 Å². The Morgan fingerprint density at radius 2 is 1.90 bits per heavy atom. The lowest BCUT2D eigenvalue weighted by Gasteiger charge is -2.11. The molecule has 1 aliphatic heterocycles. The summed E-state index contributed by atoms with van der Waals surface area (Å²) in [5, 5.41) is 6.60. The first-order valence-electron chi connectivity index (χ1n) is 6.40. The van der Waals surface area contributed by atoms with Crippen LogP contribution in [0.1, 0.15) is 17.5 Å². The fraction of sp³-hybridized carbons (Fsp3) is 0.125. The molecule has 4 heteroatoms. The molecule has 0 bridgehead atoms. The molecule has 2 aromatic rings. The number of amides is 1. The van der Waals surface area contributed by atoms with Crippen molar-refractivity contribution < 1.29 is 4.79 Å². The lowest BCUT2D eigenvalue weighted by molar-refractivity contribution is -0.129. The van der Waals surface area contributed by atoms with Crippen molar-refractivity contribution >= 4 is 23.2 Å². The Hall–Kier alpha value is -2.13. The monoisotopic (exact) mass is 284 g/mol. The summed E-state index contributed by atoms with van der Waals surface area (Å²) in [5.41, 5.74) is 2.79.